The van der Waals surface area contributed by atoms with Crippen LogP contribution in [0.1, 0.15) is 39.0 Å². The van der Waals surface area contributed by atoms with E-state index in [4.69, 9.17) is 4.74 Å². The monoisotopic (exact) mass is 306 g/mol. The van der Waals surface area contributed by atoms with Gasteiger partial charge in [-0.25, -0.2) is 0 Å². The van der Waals surface area contributed by atoms with Crippen LogP contribution in [0, 0.1) is 17.8 Å². The van der Waals surface area contributed by atoms with Crippen molar-refractivity contribution in [1.82, 2.24) is 0 Å². The molecule has 1 nitrogen and oxygen atoms in total. The summed E-state index contributed by atoms with van der Waals surface area (Å²) in [5.74, 6) is 3.65. The molecule has 2 fully saturated rings. The molecule has 4 rings (SSSR count). The molecule has 0 radical (unpaired) electrons. The molecule has 2 saturated carbocycles. The van der Waals surface area contributed by atoms with E-state index in [1.54, 1.807) is 0 Å². The van der Waals surface area contributed by atoms with Crippen LogP contribution in [0.4, 0.5) is 0 Å². The molecule has 2 aliphatic carbocycles. The SMILES string of the molecule is CCCC1CC2CC(Oc3ccccc3-c3ccccc3)C1C2. The summed E-state index contributed by atoms with van der Waals surface area (Å²) >= 11 is 0. The van der Waals surface area contributed by atoms with Crippen molar-refractivity contribution in [1.29, 1.82) is 0 Å². The van der Waals surface area contributed by atoms with Crippen LogP contribution in [0.3, 0.4) is 0 Å². The molecule has 0 saturated heterocycles. The lowest BCUT2D eigenvalue weighted by Gasteiger charge is -2.30. The fraction of sp³-hybridized carbons (Fsp3) is 0.455. The maximum Gasteiger partial charge on any atom is 0.127 e. The zero-order valence-electron chi connectivity index (χ0n) is 13.9. The third kappa shape index (κ3) is 2.89. The third-order valence-electron chi connectivity index (χ3n) is 5.80. The van der Waals surface area contributed by atoms with Crippen molar-refractivity contribution < 1.29 is 4.74 Å². The van der Waals surface area contributed by atoms with E-state index < -0.39 is 0 Å². The molecular formula is C22H26O. The molecule has 2 aliphatic rings. The lowest BCUT2D eigenvalue weighted by molar-refractivity contribution is 0.0998. The molecule has 0 aromatic heterocycles. The zero-order chi connectivity index (χ0) is 15.6. The summed E-state index contributed by atoms with van der Waals surface area (Å²) in [6, 6.07) is 19.1. The average Bonchev–Trinajstić information content (AvgIpc) is 3.16. The average molecular weight is 306 g/mol. The second-order valence-corrected chi connectivity index (χ2v) is 7.30. The predicted octanol–water partition coefficient (Wildman–Crippen LogP) is 5.95. The Bertz CT molecular complexity index is 648. The van der Waals surface area contributed by atoms with E-state index in [-0.39, 0.29) is 0 Å². The fourth-order valence-electron chi connectivity index (χ4n) is 4.85. The van der Waals surface area contributed by atoms with Gasteiger partial charge in [-0.2, -0.15) is 0 Å². The van der Waals surface area contributed by atoms with Crippen molar-refractivity contribution in [2.24, 2.45) is 17.8 Å². The summed E-state index contributed by atoms with van der Waals surface area (Å²) in [7, 11) is 0. The van der Waals surface area contributed by atoms with Crippen LogP contribution >= 0.6 is 0 Å². The molecule has 2 bridgehead atoms. The minimum Gasteiger partial charge on any atom is -0.489 e. The topological polar surface area (TPSA) is 9.23 Å². The molecule has 120 valence electrons. The summed E-state index contributed by atoms with van der Waals surface area (Å²) in [6.07, 6.45) is 7.20. The summed E-state index contributed by atoms with van der Waals surface area (Å²) in [5.41, 5.74) is 2.47. The van der Waals surface area contributed by atoms with Crippen molar-refractivity contribution in [3.05, 3.63) is 54.6 Å². The van der Waals surface area contributed by atoms with Gasteiger partial charge >= 0.3 is 0 Å². The van der Waals surface area contributed by atoms with Crippen molar-refractivity contribution in [2.45, 2.75) is 45.1 Å². The van der Waals surface area contributed by atoms with Crippen molar-refractivity contribution in [3.8, 4) is 16.9 Å². The van der Waals surface area contributed by atoms with Gasteiger partial charge in [0, 0.05) is 5.56 Å². The Labute approximate surface area is 139 Å². The van der Waals surface area contributed by atoms with Crippen LogP contribution in [0.5, 0.6) is 5.75 Å². The molecule has 4 atom stereocenters. The Hall–Kier alpha value is -1.76. The molecule has 0 N–H and O–H groups in total. The van der Waals surface area contributed by atoms with E-state index in [0.29, 0.717) is 6.10 Å². The number of hydrogen-bond acceptors (Lipinski definition) is 1. The van der Waals surface area contributed by atoms with Gasteiger partial charge in [-0.1, -0.05) is 68.3 Å². The third-order valence-corrected chi connectivity index (χ3v) is 5.80. The van der Waals surface area contributed by atoms with E-state index in [1.807, 2.05) is 0 Å². The second-order valence-electron chi connectivity index (χ2n) is 7.30. The van der Waals surface area contributed by atoms with Crippen LogP contribution in [0.15, 0.2) is 54.6 Å². The van der Waals surface area contributed by atoms with Gasteiger partial charge in [0.05, 0.1) is 0 Å². The van der Waals surface area contributed by atoms with Crippen molar-refractivity contribution in [2.75, 3.05) is 0 Å². The maximum atomic E-state index is 6.57. The van der Waals surface area contributed by atoms with Crippen LogP contribution in [-0.4, -0.2) is 6.10 Å². The highest BCUT2D eigenvalue weighted by atomic mass is 16.5. The molecule has 2 aromatic rings. The number of ether oxygens (including phenoxy) is 1. The zero-order valence-corrected chi connectivity index (χ0v) is 13.9. The van der Waals surface area contributed by atoms with Gasteiger partial charge in [-0.3, -0.25) is 0 Å². The number of rotatable bonds is 5. The van der Waals surface area contributed by atoms with E-state index in [1.165, 1.54) is 43.2 Å². The van der Waals surface area contributed by atoms with E-state index in [0.717, 1.165) is 23.5 Å². The van der Waals surface area contributed by atoms with Crippen molar-refractivity contribution in [3.63, 3.8) is 0 Å². The van der Waals surface area contributed by atoms with E-state index in [2.05, 4.69) is 61.5 Å². The Balaban J connectivity index is 1.56. The molecular weight excluding hydrogens is 280 g/mol. The maximum absolute atomic E-state index is 6.57. The number of hydrogen-bond donors (Lipinski definition) is 0. The van der Waals surface area contributed by atoms with Crippen LogP contribution in [-0.2, 0) is 0 Å². The summed E-state index contributed by atoms with van der Waals surface area (Å²) < 4.78 is 6.57. The molecule has 0 spiro atoms. The molecule has 0 amide bonds. The van der Waals surface area contributed by atoms with Crippen molar-refractivity contribution >= 4 is 0 Å². The summed E-state index contributed by atoms with van der Waals surface area (Å²) in [4.78, 5) is 0. The van der Waals surface area contributed by atoms with Gasteiger partial charge in [0.1, 0.15) is 11.9 Å². The first kappa shape index (κ1) is 14.8. The van der Waals surface area contributed by atoms with Gasteiger partial charge in [-0.05, 0) is 48.6 Å². The first-order valence-electron chi connectivity index (χ1n) is 9.16. The first-order valence-corrected chi connectivity index (χ1v) is 9.16. The smallest absolute Gasteiger partial charge is 0.127 e. The van der Waals surface area contributed by atoms with Gasteiger partial charge < -0.3 is 4.74 Å². The fourth-order valence-corrected chi connectivity index (χ4v) is 4.85. The highest BCUT2D eigenvalue weighted by Crippen LogP contribution is 2.51. The largest absolute Gasteiger partial charge is 0.489 e. The number of fused-ring (bicyclic) bond motifs is 2. The van der Waals surface area contributed by atoms with E-state index in [9.17, 15) is 0 Å². The molecule has 0 aliphatic heterocycles. The molecule has 1 heteroatoms. The highest BCUT2D eigenvalue weighted by Gasteiger charge is 2.46. The normalized spacial score (nSPS) is 28.9. The number of para-hydroxylation sites is 1. The minimum atomic E-state index is 0.426. The summed E-state index contributed by atoms with van der Waals surface area (Å²) in [5, 5.41) is 0. The van der Waals surface area contributed by atoms with Gasteiger partial charge in [0.2, 0.25) is 0 Å². The standard InChI is InChI=1S/C22H26O/c1-2-8-18-13-16-14-20(18)22(15-16)23-21-12-7-6-11-19(21)17-9-4-3-5-10-17/h3-7,9-12,16,18,20,22H,2,8,13-15H2,1H3. The second kappa shape index (κ2) is 6.39. The van der Waals surface area contributed by atoms with E-state index >= 15 is 0 Å². The summed E-state index contributed by atoms with van der Waals surface area (Å²) in [6.45, 7) is 2.31. The highest BCUT2D eigenvalue weighted by molar-refractivity contribution is 5.70. The molecule has 2 aromatic carbocycles. The van der Waals surface area contributed by atoms with Gasteiger partial charge in [0.15, 0.2) is 0 Å². The Morgan fingerprint density at radius 2 is 1.70 bits per heavy atom. The molecule has 23 heavy (non-hydrogen) atoms. The Morgan fingerprint density at radius 3 is 2.48 bits per heavy atom. The molecule has 4 unspecified atom stereocenters. The predicted molar refractivity (Wildman–Crippen MR) is 95.5 cm³/mol. The minimum absolute atomic E-state index is 0.426. The first-order chi connectivity index (χ1) is 11.3. The van der Waals surface area contributed by atoms with Crippen LogP contribution < -0.4 is 4.74 Å². The molecule has 0 heterocycles. The number of benzene rings is 2. The quantitative estimate of drug-likeness (QED) is 0.663. The van der Waals surface area contributed by atoms with Gasteiger partial charge in [-0.15, -0.1) is 0 Å². The van der Waals surface area contributed by atoms with Crippen LogP contribution in [0.25, 0.3) is 11.1 Å². The Kier molecular flexibility index (Phi) is 4.11. The van der Waals surface area contributed by atoms with Gasteiger partial charge in [0.25, 0.3) is 0 Å². The van der Waals surface area contributed by atoms with Crippen LogP contribution in [0.2, 0.25) is 0 Å². The lowest BCUT2D eigenvalue weighted by atomic mass is 9.84. The lowest BCUT2D eigenvalue weighted by Crippen LogP contribution is -2.29. The Morgan fingerprint density at radius 1 is 0.913 bits per heavy atom.